The Bertz CT molecular complexity index is 530. The summed E-state index contributed by atoms with van der Waals surface area (Å²) in [6, 6.07) is 6.25. The van der Waals surface area contributed by atoms with Crippen molar-refractivity contribution in [3.05, 3.63) is 28.7 Å². The summed E-state index contributed by atoms with van der Waals surface area (Å²) >= 11 is 3.19. The van der Waals surface area contributed by atoms with Gasteiger partial charge in [-0.2, -0.15) is 4.72 Å². The van der Waals surface area contributed by atoms with Crippen LogP contribution in [-0.4, -0.2) is 27.5 Å². The minimum atomic E-state index is -3.69. The van der Waals surface area contributed by atoms with Crippen molar-refractivity contribution in [2.45, 2.75) is 24.7 Å². The highest BCUT2D eigenvalue weighted by Crippen LogP contribution is 2.15. The number of nitrogens with one attached hydrogen (secondary N) is 1. The van der Waals surface area contributed by atoms with E-state index in [1.165, 1.54) is 12.1 Å². The number of carbonyl (C=O) groups excluding carboxylic acids is 1. The maximum absolute atomic E-state index is 11.9. The second kappa shape index (κ2) is 7.62. The molecule has 0 unspecified atom stereocenters. The molecule has 19 heavy (non-hydrogen) atoms. The van der Waals surface area contributed by atoms with Crippen molar-refractivity contribution in [1.82, 2.24) is 4.72 Å². The predicted octanol–water partition coefficient (Wildman–Crippen LogP) is 2.07. The summed E-state index contributed by atoms with van der Waals surface area (Å²) in [4.78, 5) is 11.4. The number of sulfonamides is 1. The van der Waals surface area contributed by atoms with Crippen molar-refractivity contribution in [2.75, 3.05) is 13.2 Å². The molecule has 0 spiro atoms. The second-order valence-electron chi connectivity index (χ2n) is 3.86. The Morgan fingerprint density at radius 2 is 2.16 bits per heavy atom. The van der Waals surface area contributed by atoms with E-state index in [2.05, 4.69) is 20.7 Å². The first kappa shape index (κ1) is 16.1. The Morgan fingerprint density at radius 1 is 1.42 bits per heavy atom. The summed E-state index contributed by atoms with van der Waals surface area (Å²) in [6.45, 7) is 1.93. The van der Waals surface area contributed by atoms with Gasteiger partial charge in [0, 0.05) is 4.47 Å². The topological polar surface area (TPSA) is 72.5 Å². The molecule has 1 aromatic rings. The normalized spacial score (nSPS) is 11.3. The van der Waals surface area contributed by atoms with E-state index in [4.69, 9.17) is 4.74 Å². The molecule has 0 aliphatic carbocycles. The molecule has 0 radical (unpaired) electrons. The third-order valence-corrected chi connectivity index (χ3v) is 4.17. The highest BCUT2D eigenvalue weighted by Gasteiger charge is 2.16. The van der Waals surface area contributed by atoms with Crippen molar-refractivity contribution >= 4 is 31.9 Å². The number of esters is 1. The maximum Gasteiger partial charge on any atom is 0.321 e. The van der Waals surface area contributed by atoms with Crippen LogP contribution in [0.4, 0.5) is 0 Å². The van der Waals surface area contributed by atoms with Gasteiger partial charge >= 0.3 is 5.97 Å². The van der Waals surface area contributed by atoms with E-state index in [1.54, 1.807) is 12.1 Å². The van der Waals surface area contributed by atoms with Gasteiger partial charge in [-0.05, 0) is 24.6 Å². The zero-order chi connectivity index (χ0) is 14.3. The summed E-state index contributed by atoms with van der Waals surface area (Å²) in [7, 11) is -3.69. The van der Waals surface area contributed by atoms with Crippen LogP contribution >= 0.6 is 15.9 Å². The minimum Gasteiger partial charge on any atom is -0.465 e. The molecule has 1 N–H and O–H groups in total. The molecule has 0 saturated heterocycles. The largest absolute Gasteiger partial charge is 0.465 e. The first-order chi connectivity index (χ1) is 8.95. The van der Waals surface area contributed by atoms with Crippen molar-refractivity contribution in [2.24, 2.45) is 0 Å². The van der Waals surface area contributed by atoms with E-state index in [9.17, 15) is 13.2 Å². The summed E-state index contributed by atoms with van der Waals surface area (Å²) in [5.74, 6) is -0.577. The average molecular weight is 350 g/mol. The van der Waals surface area contributed by atoms with Gasteiger partial charge in [0.25, 0.3) is 0 Å². The number of hydrogen-bond acceptors (Lipinski definition) is 4. The van der Waals surface area contributed by atoms with Crippen LogP contribution in [0.25, 0.3) is 0 Å². The summed E-state index contributed by atoms with van der Waals surface area (Å²) < 4.78 is 31.5. The van der Waals surface area contributed by atoms with Crippen LogP contribution in [0.5, 0.6) is 0 Å². The van der Waals surface area contributed by atoms with Gasteiger partial charge in [-0.15, -0.1) is 0 Å². The molecule has 5 nitrogen and oxygen atoms in total. The first-order valence-corrected chi connectivity index (χ1v) is 8.14. The smallest absolute Gasteiger partial charge is 0.321 e. The highest BCUT2D eigenvalue weighted by molar-refractivity contribution is 9.10. The number of halogens is 1. The Hall–Kier alpha value is -0.920. The number of rotatable bonds is 7. The lowest BCUT2D eigenvalue weighted by Gasteiger charge is -2.07. The molecule has 7 heteroatoms. The van der Waals surface area contributed by atoms with E-state index in [0.29, 0.717) is 11.1 Å². The lowest BCUT2D eigenvalue weighted by atomic mass is 10.4. The zero-order valence-corrected chi connectivity index (χ0v) is 13.0. The van der Waals surface area contributed by atoms with E-state index >= 15 is 0 Å². The van der Waals surface area contributed by atoms with Crippen LogP contribution in [-0.2, 0) is 19.6 Å². The fourth-order valence-corrected chi connectivity index (χ4v) is 2.82. The number of hydrogen-bond donors (Lipinski definition) is 1. The van der Waals surface area contributed by atoms with Gasteiger partial charge in [-0.3, -0.25) is 4.79 Å². The molecule has 0 aliphatic heterocycles. The third-order valence-electron chi connectivity index (χ3n) is 2.27. The molecule has 0 amide bonds. The number of ether oxygens (including phenoxy) is 1. The molecule has 106 valence electrons. The van der Waals surface area contributed by atoms with Crippen LogP contribution in [0.2, 0.25) is 0 Å². The molecular formula is C12H16BrNO4S. The number of unbranched alkanes of at least 4 members (excludes halogenated alkanes) is 1. The van der Waals surface area contributed by atoms with Crippen LogP contribution < -0.4 is 4.72 Å². The molecule has 1 aromatic carbocycles. The van der Waals surface area contributed by atoms with E-state index in [-0.39, 0.29) is 11.4 Å². The Balaban J connectivity index is 2.54. The van der Waals surface area contributed by atoms with Crippen molar-refractivity contribution in [3.8, 4) is 0 Å². The molecule has 0 saturated carbocycles. The first-order valence-electron chi connectivity index (χ1n) is 5.86. The predicted molar refractivity (Wildman–Crippen MR) is 75.2 cm³/mol. The van der Waals surface area contributed by atoms with Gasteiger partial charge < -0.3 is 4.74 Å². The fourth-order valence-electron chi connectivity index (χ4n) is 1.25. The van der Waals surface area contributed by atoms with Crippen LogP contribution in [0.3, 0.4) is 0 Å². The molecule has 0 aromatic heterocycles. The minimum absolute atomic E-state index is 0.100. The van der Waals surface area contributed by atoms with Crippen molar-refractivity contribution < 1.29 is 17.9 Å². The van der Waals surface area contributed by atoms with Crippen LogP contribution in [0, 0.1) is 0 Å². The van der Waals surface area contributed by atoms with Crippen molar-refractivity contribution in [3.63, 3.8) is 0 Å². The standard InChI is InChI=1S/C12H16BrNO4S/c1-2-3-7-18-12(15)9-14-19(16,17)11-6-4-5-10(13)8-11/h4-6,8,14H,2-3,7,9H2,1H3. The highest BCUT2D eigenvalue weighted by atomic mass is 79.9. The molecule has 1 rings (SSSR count). The number of benzene rings is 1. The summed E-state index contributed by atoms with van der Waals surface area (Å²) in [5.41, 5.74) is 0. The molecule has 0 atom stereocenters. The quantitative estimate of drug-likeness (QED) is 0.604. The second-order valence-corrected chi connectivity index (χ2v) is 6.54. The fraction of sp³-hybridized carbons (Fsp3) is 0.417. The van der Waals surface area contributed by atoms with Crippen LogP contribution in [0.1, 0.15) is 19.8 Å². The van der Waals surface area contributed by atoms with Gasteiger partial charge in [0.1, 0.15) is 6.54 Å². The van der Waals surface area contributed by atoms with E-state index < -0.39 is 16.0 Å². The zero-order valence-electron chi connectivity index (χ0n) is 10.6. The monoisotopic (exact) mass is 349 g/mol. The van der Waals surface area contributed by atoms with Gasteiger partial charge in [-0.25, -0.2) is 8.42 Å². The lowest BCUT2D eigenvalue weighted by molar-refractivity contribution is -0.142. The number of carbonyl (C=O) groups is 1. The van der Waals surface area contributed by atoms with Crippen molar-refractivity contribution in [1.29, 1.82) is 0 Å². The van der Waals surface area contributed by atoms with Gasteiger partial charge in [0.2, 0.25) is 10.0 Å². The summed E-state index contributed by atoms with van der Waals surface area (Å²) in [6.07, 6.45) is 1.68. The molecule has 0 heterocycles. The SMILES string of the molecule is CCCCOC(=O)CNS(=O)(=O)c1cccc(Br)c1. The summed E-state index contributed by atoms with van der Waals surface area (Å²) in [5, 5.41) is 0. The Labute approximate surface area is 121 Å². The van der Waals surface area contributed by atoms with Gasteiger partial charge in [-0.1, -0.05) is 35.3 Å². The van der Waals surface area contributed by atoms with Crippen LogP contribution in [0.15, 0.2) is 33.6 Å². The third kappa shape index (κ3) is 5.71. The molecule has 0 aliphatic rings. The van der Waals surface area contributed by atoms with Gasteiger partial charge in [0.15, 0.2) is 0 Å². The molecule has 0 bridgehead atoms. The Kier molecular flexibility index (Phi) is 6.47. The average Bonchev–Trinajstić information content (AvgIpc) is 2.37. The molecule has 0 fully saturated rings. The lowest BCUT2D eigenvalue weighted by Crippen LogP contribution is -2.30. The van der Waals surface area contributed by atoms with Gasteiger partial charge in [0.05, 0.1) is 11.5 Å². The maximum atomic E-state index is 11.9. The van der Waals surface area contributed by atoms with E-state index in [1.807, 2.05) is 6.92 Å². The Morgan fingerprint density at radius 3 is 2.79 bits per heavy atom. The molecular weight excluding hydrogens is 334 g/mol. The van der Waals surface area contributed by atoms with E-state index in [0.717, 1.165) is 12.8 Å².